The minimum absolute atomic E-state index is 0.0735. The second-order valence-corrected chi connectivity index (χ2v) is 4.48. The van der Waals surface area contributed by atoms with Gasteiger partial charge in [-0.25, -0.2) is 9.78 Å². The number of aromatic nitrogens is 1. The quantitative estimate of drug-likeness (QED) is 0.800. The van der Waals surface area contributed by atoms with Crippen molar-refractivity contribution in [3.63, 3.8) is 0 Å². The second-order valence-electron chi connectivity index (χ2n) is 3.50. The fourth-order valence-corrected chi connectivity index (χ4v) is 1.75. The van der Waals surface area contributed by atoms with E-state index in [2.05, 4.69) is 10.3 Å². The first-order valence-corrected chi connectivity index (χ1v) is 6.06. The number of carboxylic acid groups (broad SMARTS) is 1. The highest BCUT2D eigenvalue weighted by Gasteiger charge is 2.08. The van der Waals surface area contributed by atoms with Crippen molar-refractivity contribution in [2.45, 2.75) is 19.4 Å². The first kappa shape index (κ1) is 13.4. The molecule has 1 aromatic heterocycles. The Morgan fingerprint density at radius 2 is 2.35 bits per heavy atom. The lowest BCUT2D eigenvalue weighted by atomic mass is 10.3. The molecular formula is C10H15N3O3S. The number of thiazole rings is 1. The highest BCUT2D eigenvalue weighted by Crippen LogP contribution is 2.03. The molecule has 0 fully saturated rings. The second kappa shape index (κ2) is 6.85. The molecule has 2 N–H and O–H groups in total. The van der Waals surface area contributed by atoms with E-state index in [9.17, 15) is 9.59 Å². The monoisotopic (exact) mass is 257 g/mol. The highest BCUT2D eigenvalue weighted by molar-refractivity contribution is 7.09. The van der Waals surface area contributed by atoms with E-state index in [1.54, 1.807) is 13.2 Å². The first-order chi connectivity index (χ1) is 8.09. The number of rotatable bonds is 6. The summed E-state index contributed by atoms with van der Waals surface area (Å²) in [5.74, 6) is -0.846. The van der Waals surface area contributed by atoms with Gasteiger partial charge in [0.25, 0.3) is 0 Å². The van der Waals surface area contributed by atoms with E-state index in [-0.39, 0.29) is 12.5 Å². The van der Waals surface area contributed by atoms with E-state index in [4.69, 9.17) is 5.11 Å². The molecule has 0 atom stereocenters. The number of hydrogen-bond acceptors (Lipinski definition) is 4. The summed E-state index contributed by atoms with van der Waals surface area (Å²) in [5.41, 5.74) is 0. The molecule has 0 aliphatic rings. The number of amides is 2. The number of aliphatic carboxylic acids is 1. The lowest BCUT2D eigenvalue weighted by Gasteiger charge is -2.16. The normalized spacial score (nSPS) is 9.94. The van der Waals surface area contributed by atoms with Crippen molar-refractivity contribution < 1.29 is 14.7 Å². The van der Waals surface area contributed by atoms with E-state index in [1.165, 1.54) is 16.2 Å². The average Bonchev–Trinajstić information content (AvgIpc) is 2.78. The van der Waals surface area contributed by atoms with Crippen LogP contribution in [0.15, 0.2) is 11.6 Å². The van der Waals surface area contributed by atoms with Crippen molar-refractivity contribution >= 4 is 23.3 Å². The van der Waals surface area contributed by atoms with Gasteiger partial charge in [-0.1, -0.05) is 0 Å². The van der Waals surface area contributed by atoms with Gasteiger partial charge in [0.15, 0.2) is 0 Å². The van der Waals surface area contributed by atoms with Crippen molar-refractivity contribution in [2.75, 3.05) is 13.6 Å². The average molecular weight is 257 g/mol. The van der Waals surface area contributed by atoms with Gasteiger partial charge in [0.2, 0.25) is 0 Å². The Hall–Kier alpha value is -1.63. The molecule has 17 heavy (non-hydrogen) atoms. The van der Waals surface area contributed by atoms with Gasteiger partial charge in [0.1, 0.15) is 5.01 Å². The van der Waals surface area contributed by atoms with Crippen LogP contribution in [0.5, 0.6) is 0 Å². The number of nitrogens with zero attached hydrogens (tertiary/aromatic N) is 2. The molecule has 0 radical (unpaired) electrons. The van der Waals surface area contributed by atoms with E-state index >= 15 is 0 Å². The van der Waals surface area contributed by atoms with Crippen LogP contribution < -0.4 is 5.32 Å². The molecule has 94 valence electrons. The van der Waals surface area contributed by atoms with Gasteiger partial charge >= 0.3 is 12.0 Å². The van der Waals surface area contributed by atoms with Gasteiger partial charge in [-0.05, 0) is 6.42 Å². The van der Waals surface area contributed by atoms with Gasteiger partial charge in [-0.3, -0.25) is 4.79 Å². The fraction of sp³-hybridized carbons (Fsp3) is 0.500. The molecule has 7 heteroatoms. The van der Waals surface area contributed by atoms with Crippen LogP contribution in [0.4, 0.5) is 4.79 Å². The van der Waals surface area contributed by atoms with Gasteiger partial charge in [-0.2, -0.15) is 0 Å². The van der Waals surface area contributed by atoms with E-state index < -0.39 is 5.97 Å². The molecule has 0 bridgehead atoms. The van der Waals surface area contributed by atoms with Crippen molar-refractivity contribution in [3.05, 3.63) is 16.6 Å². The molecule has 0 saturated carbocycles. The summed E-state index contributed by atoms with van der Waals surface area (Å²) in [5, 5.41) is 13.9. The predicted molar refractivity (Wildman–Crippen MR) is 63.8 cm³/mol. The molecule has 0 unspecified atom stereocenters. The number of nitrogens with one attached hydrogen (secondary N) is 1. The van der Waals surface area contributed by atoms with Gasteiger partial charge in [-0.15, -0.1) is 11.3 Å². The lowest BCUT2D eigenvalue weighted by molar-refractivity contribution is -0.137. The van der Waals surface area contributed by atoms with Crippen LogP contribution >= 0.6 is 11.3 Å². The Kier molecular flexibility index (Phi) is 5.41. The number of carboxylic acids is 1. The minimum Gasteiger partial charge on any atom is -0.481 e. The minimum atomic E-state index is -0.846. The van der Waals surface area contributed by atoms with E-state index in [1.807, 2.05) is 5.38 Å². The van der Waals surface area contributed by atoms with Crippen molar-refractivity contribution in [1.29, 1.82) is 0 Å². The van der Waals surface area contributed by atoms with Crippen LogP contribution in [-0.4, -0.2) is 40.6 Å². The SMILES string of the molecule is CN(CCCC(=O)O)C(=O)NCc1nccs1. The maximum absolute atomic E-state index is 11.6. The smallest absolute Gasteiger partial charge is 0.317 e. The fourth-order valence-electron chi connectivity index (χ4n) is 1.20. The molecule has 0 spiro atoms. The van der Waals surface area contributed by atoms with E-state index in [0.29, 0.717) is 19.5 Å². The third kappa shape index (κ3) is 5.30. The molecular weight excluding hydrogens is 242 g/mol. The molecule has 0 aliphatic carbocycles. The van der Waals surface area contributed by atoms with Gasteiger partial charge in [0, 0.05) is 31.6 Å². The van der Waals surface area contributed by atoms with Crippen LogP contribution in [0.1, 0.15) is 17.8 Å². The number of urea groups is 1. The summed E-state index contributed by atoms with van der Waals surface area (Å²) < 4.78 is 0. The number of carbonyl (C=O) groups is 2. The Morgan fingerprint density at radius 3 is 2.94 bits per heavy atom. The van der Waals surface area contributed by atoms with Gasteiger partial charge in [0.05, 0.1) is 6.54 Å². The zero-order chi connectivity index (χ0) is 12.7. The predicted octanol–water partition coefficient (Wildman–Crippen LogP) is 1.15. The highest BCUT2D eigenvalue weighted by atomic mass is 32.1. The van der Waals surface area contributed by atoms with Crippen molar-refractivity contribution in [2.24, 2.45) is 0 Å². The Labute approximate surface area is 103 Å². The zero-order valence-electron chi connectivity index (χ0n) is 9.55. The van der Waals surface area contributed by atoms with Crippen molar-refractivity contribution in [3.8, 4) is 0 Å². The number of carbonyl (C=O) groups excluding carboxylic acids is 1. The van der Waals surface area contributed by atoms with Gasteiger partial charge < -0.3 is 15.3 Å². The standard InChI is InChI=1S/C10H15N3O3S/c1-13(5-2-3-9(14)15)10(16)12-7-8-11-4-6-17-8/h4,6H,2-3,5,7H2,1H3,(H,12,16)(H,14,15). The summed E-state index contributed by atoms with van der Waals surface area (Å²) in [6.07, 6.45) is 2.21. The Morgan fingerprint density at radius 1 is 1.59 bits per heavy atom. The summed E-state index contributed by atoms with van der Waals surface area (Å²) in [6.45, 7) is 0.829. The summed E-state index contributed by atoms with van der Waals surface area (Å²) in [4.78, 5) is 27.4. The van der Waals surface area contributed by atoms with Crippen LogP contribution in [0.2, 0.25) is 0 Å². The maximum atomic E-state index is 11.6. The van der Waals surface area contributed by atoms with Crippen LogP contribution in [0.25, 0.3) is 0 Å². The third-order valence-electron chi connectivity index (χ3n) is 2.11. The molecule has 6 nitrogen and oxygen atoms in total. The Balaban J connectivity index is 2.20. The summed E-state index contributed by atoms with van der Waals surface area (Å²) >= 11 is 1.48. The first-order valence-electron chi connectivity index (χ1n) is 5.18. The summed E-state index contributed by atoms with van der Waals surface area (Å²) in [7, 11) is 1.64. The van der Waals surface area contributed by atoms with Crippen molar-refractivity contribution in [1.82, 2.24) is 15.2 Å². The molecule has 0 saturated heterocycles. The Bertz CT molecular complexity index is 367. The summed E-state index contributed by atoms with van der Waals surface area (Å²) in [6, 6.07) is -0.217. The molecule has 1 aromatic rings. The van der Waals surface area contributed by atoms with Crippen LogP contribution in [-0.2, 0) is 11.3 Å². The molecule has 1 heterocycles. The maximum Gasteiger partial charge on any atom is 0.317 e. The molecule has 0 aromatic carbocycles. The van der Waals surface area contributed by atoms with Crippen LogP contribution in [0.3, 0.4) is 0 Å². The van der Waals surface area contributed by atoms with E-state index in [0.717, 1.165) is 5.01 Å². The number of hydrogen-bond donors (Lipinski definition) is 2. The largest absolute Gasteiger partial charge is 0.481 e. The topological polar surface area (TPSA) is 82.5 Å². The lowest BCUT2D eigenvalue weighted by Crippen LogP contribution is -2.37. The molecule has 1 rings (SSSR count). The molecule has 0 aliphatic heterocycles. The zero-order valence-corrected chi connectivity index (χ0v) is 10.4. The van der Waals surface area contributed by atoms with Crippen LogP contribution in [0, 0.1) is 0 Å². The molecule has 2 amide bonds. The third-order valence-corrected chi connectivity index (χ3v) is 2.88.